The van der Waals surface area contributed by atoms with Crippen LogP contribution >= 0.6 is 12.4 Å². The third-order valence-corrected chi connectivity index (χ3v) is 4.43. The van der Waals surface area contributed by atoms with Crippen LogP contribution in [-0.2, 0) is 0 Å². The first-order valence-electron chi connectivity index (χ1n) is 7.99. The molecule has 1 heterocycles. The lowest BCUT2D eigenvalue weighted by atomic mass is 9.81. The minimum absolute atomic E-state index is 0. The molecule has 130 valence electrons. The van der Waals surface area contributed by atoms with Gasteiger partial charge in [-0.15, -0.1) is 12.4 Å². The molecule has 5 heteroatoms. The van der Waals surface area contributed by atoms with E-state index in [-0.39, 0.29) is 18.2 Å². The summed E-state index contributed by atoms with van der Waals surface area (Å²) >= 11 is 0. The van der Waals surface area contributed by atoms with E-state index in [0.717, 1.165) is 31.0 Å². The number of nitrogens with one attached hydrogen (secondary N) is 1. The first kappa shape index (κ1) is 18.6. The van der Waals surface area contributed by atoms with Gasteiger partial charge in [-0.3, -0.25) is 0 Å². The van der Waals surface area contributed by atoms with Crippen molar-refractivity contribution in [3.8, 4) is 11.5 Å². The summed E-state index contributed by atoms with van der Waals surface area (Å²) in [7, 11) is 1.65. The molecule has 0 saturated carbocycles. The molecule has 3 rings (SSSR count). The van der Waals surface area contributed by atoms with E-state index in [9.17, 15) is 4.39 Å². The van der Waals surface area contributed by atoms with Crippen molar-refractivity contribution in [3.05, 3.63) is 59.9 Å². The van der Waals surface area contributed by atoms with E-state index >= 15 is 0 Å². The van der Waals surface area contributed by atoms with Gasteiger partial charge in [0.25, 0.3) is 0 Å². The van der Waals surface area contributed by atoms with Crippen molar-refractivity contribution in [2.75, 3.05) is 26.8 Å². The van der Waals surface area contributed by atoms with Crippen molar-refractivity contribution in [3.63, 3.8) is 0 Å². The van der Waals surface area contributed by atoms with Crippen molar-refractivity contribution >= 4 is 12.4 Å². The molecule has 24 heavy (non-hydrogen) atoms. The van der Waals surface area contributed by atoms with Gasteiger partial charge in [-0.1, -0.05) is 12.1 Å². The fraction of sp³-hybridized carbons (Fsp3) is 0.368. The normalized spacial score (nSPS) is 20.1. The van der Waals surface area contributed by atoms with Gasteiger partial charge in [0.05, 0.1) is 13.7 Å². The van der Waals surface area contributed by atoms with E-state index in [1.165, 1.54) is 5.56 Å². The molecule has 0 unspecified atom stereocenters. The molecule has 0 radical (unpaired) electrons. The van der Waals surface area contributed by atoms with Gasteiger partial charge in [0.1, 0.15) is 17.3 Å². The first-order valence-corrected chi connectivity index (χ1v) is 7.99. The third kappa shape index (κ3) is 4.62. The van der Waals surface area contributed by atoms with Gasteiger partial charge in [-0.2, -0.15) is 0 Å². The highest BCUT2D eigenvalue weighted by Gasteiger charge is 2.27. The van der Waals surface area contributed by atoms with Crippen molar-refractivity contribution in [2.45, 2.75) is 12.3 Å². The summed E-state index contributed by atoms with van der Waals surface area (Å²) < 4.78 is 24.2. The lowest BCUT2D eigenvalue weighted by Gasteiger charge is -2.32. The second-order valence-electron chi connectivity index (χ2n) is 5.90. The number of ether oxygens (including phenoxy) is 2. The molecule has 1 fully saturated rings. The second-order valence-corrected chi connectivity index (χ2v) is 5.90. The number of rotatable bonds is 5. The van der Waals surface area contributed by atoms with Gasteiger partial charge >= 0.3 is 0 Å². The topological polar surface area (TPSA) is 30.5 Å². The third-order valence-electron chi connectivity index (χ3n) is 4.43. The minimum Gasteiger partial charge on any atom is -0.497 e. The van der Waals surface area contributed by atoms with Crippen LogP contribution in [0.3, 0.4) is 0 Å². The lowest BCUT2D eigenvalue weighted by molar-refractivity contribution is 0.197. The summed E-state index contributed by atoms with van der Waals surface area (Å²) in [5.74, 6) is 2.25. The molecular formula is C19H23ClFNO2. The van der Waals surface area contributed by atoms with E-state index in [0.29, 0.717) is 18.4 Å². The molecule has 1 saturated heterocycles. The highest BCUT2D eigenvalue weighted by Crippen LogP contribution is 2.31. The number of methoxy groups -OCH3 is 1. The predicted molar refractivity (Wildman–Crippen MR) is 95.9 cm³/mol. The van der Waals surface area contributed by atoms with Crippen LogP contribution in [0.4, 0.5) is 4.39 Å². The Labute approximate surface area is 148 Å². The Balaban J connectivity index is 0.00000208. The van der Waals surface area contributed by atoms with Crippen LogP contribution in [0.15, 0.2) is 48.5 Å². The number of hydrogen-bond acceptors (Lipinski definition) is 3. The molecule has 0 amide bonds. The summed E-state index contributed by atoms with van der Waals surface area (Å²) in [5.41, 5.74) is 1.19. The standard InChI is InChI=1S/C19H22FNO2.ClH/c1-22-17-6-8-18(9-7-17)23-13-15-12-21-11-10-19(15)14-2-4-16(20)5-3-14;/h2-9,15,19,21H,10-13H2,1H3;1H/t15-,19-;/m1./s1. The monoisotopic (exact) mass is 351 g/mol. The molecule has 2 aromatic carbocycles. The quantitative estimate of drug-likeness (QED) is 0.882. The van der Waals surface area contributed by atoms with Crippen LogP contribution < -0.4 is 14.8 Å². The summed E-state index contributed by atoms with van der Waals surface area (Å²) in [6.45, 7) is 2.54. The molecule has 2 atom stereocenters. The highest BCUT2D eigenvalue weighted by molar-refractivity contribution is 5.85. The van der Waals surface area contributed by atoms with Crippen LogP contribution in [0.2, 0.25) is 0 Å². The summed E-state index contributed by atoms with van der Waals surface area (Å²) in [6, 6.07) is 14.5. The fourth-order valence-corrected chi connectivity index (χ4v) is 3.12. The van der Waals surface area contributed by atoms with Gasteiger partial charge in [-0.25, -0.2) is 4.39 Å². The largest absolute Gasteiger partial charge is 0.497 e. The summed E-state index contributed by atoms with van der Waals surface area (Å²) in [6.07, 6.45) is 1.04. The average molecular weight is 352 g/mol. The number of piperidine rings is 1. The number of halogens is 2. The zero-order valence-electron chi connectivity index (χ0n) is 13.7. The van der Waals surface area contributed by atoms with Gasteiger partial charge < -0.3 is 14.8 Å². The van der Waals surface area contributed by atoms with E-state index in [4.69, 9.17) is 9.47 Å². The maximum atomic E-state index is 13.1. The van der Waals surface area contributed by atoms with Crippen LogP contribution in [0.25, 0.3) is 0 Å². The Morgan fingerprint density at radius 1 is 1.04 bits per heavy atom. The maximum Gasteiger partial charge on any atom is 0.123 e. The second kappa shape index (κ2) is 8.90. The minimum atomic E-state index is -0.186. The summed E-state index contributed by atoms with van der Waals surface area (Å²) in [4.78, 5) is 0. The average Bonchev–Trinajstić information content (AvgIpc) is 2.61. The number of benzene rings is 2. The molecule has 1 aliphatic heterocycles. The van der Waals surface area contributed by atoms with Crippen LogP contribution in [0.1, 0.15) is 17.9 Å². The molecule has 0 bridgehead atoms. The van der Waals surface area contributed by atoms with Gasteiger partial charge in [0.2, 0.25) is 0 Å². The van der Waals surface area contributed by atoms with Gasteiger partial charge in [0.15, 0.2) is 0 Å². The molecule has 1 N–H and O–H groups in total. The molecule has 1 aliphatic rings. The van der Waals surface area contributed by atoms with E-state index < -0.39 is 0 Å². The molecule has 0 aromatic heterocycles. The molecule has 3 nitrogen and oxygen atoms in total. The molecule has 0 aliphatic carbocycles. The number of hydrogen-bond donors (Lipinski definition) is 1. The fourth-order valence-electron chi connectivity index (χ4n) is 3.12. The zero-order chi connectivity index (χ0) is 16.1. The summed E-state index contributed by atoms with van der Waals surface area (Å²) in [5, 5.41) is 3.43. The molecule has 0 spiro atoms. The molecular weight excluding hydrogens is 329 g/mol. The van der Waals surface area contributed by atoms with Crippen LogP contribution in [0, 0.1) is 11.7 Å². The maximum absolute atomic E-state index is 13.1. The van der Waals surface area contributed by atoms with Crippen molar-refractivity contribution in [1.82, 2.24) is 5.32 Å². The zero-order valence-corrected chi connectivity index (χ0v) is 14.5. The van der Waals surface area contributed by atoms with Crippen molar-refractivity contribution in [1.29, 1.82) is 0 Å². The van der Waals surface area contributed by atoms with Crippen LogP contribution in [-0.4, -0.2) is 26.8 Å². The lowest BCUT2D eigenvalue weighted by Crippen LogP contribution is -2.38. The van der Waals surface area contributed by atoms with E-state index in [2.05, 4.69) is 5.32 Å². The SMILES string of the molecule is COc1ccc(OC[C@H]2CNCC[C@@H]2c2ccc(F)cc2)cc1.Cl. The van der Waals surface area contributed by atoms with Crippen molar-refractivity contribution in [2.24, 2.45) is 5.92 Å². The Bertz CT molecular complexity index is 618. The van der Waals surface area contributed by atoms with E-state index in [1.807, 2.05) is 36.4 Å². The Hall–Kier alpha value is -1.78. The van der Waals surface area contributed by atoms with E-state index in [1.54, 1.807) is 19.2 Å². The Morgan fingerprint density at radius 2 is 1.71 bits per heavy atom. The first-order chi connectivity index (χ1) is 11.3. The molecule has 2 aromatic rings. The Kier molecular flexibility index (Phi) is 6.88. The van der Waals surface area contributed by atoms with Crippen molar-refractivity contribution < 1.29 is 13.9 Å². The smallest absolute Gasteiger partial charge is 0.123 e. The highest BCUT2D eigenvalue weighted by atomic mass is 35.5. The van der Waals surface area contributed by atoms with Crippen LogP contribution in [0.5, 0.6) is 11.5 Å². The predicted octanol–water partition coefficient (Wildman–Crippen LogP) is 4.03. The van der Waals surface area contributed by atoms with Gasteiger partial charge in [-0.05, 0) is 60.8 Å². The van der Waals surface area contributed by atoms with Gasteiger partial charge in [0, 0.05) is 12.5 Å². The Morgan fingerprint density at radius 3 is 2.38 bits per heavy atom.